The maximum Gasteiger partial charge on any atom is 0.417 e. The maximum atomic E-state index is 13.8. The summed E-state index contributed by atoms with van der Waals surface area (Å²) in [4.78, 5) is 0. The van der Waals surface area contributed by atoms with Gasteiger partial charge in [0.2, 0.25) is 0 Å². The summed E-state index contributed by atoms with van der Waals surface area (Å²) in [5, 5.41) is 4.12. The number of fused-ring (bicyclic) bond motifs is 3. The molecule has 1 aliphatic rings. The predicted molar refractivity (Wildman–Crippen MR) is 106 cm³/mol. The standard InChI is InChI=1S/C23H20F3NO2/c1-4-14-5-8-17-15(11-14)6-9-19-21(17)27-29-22(19)18-10-7-16(28-13(2)3)12-20(18)23(24,25)26/h4-5,7-8,10-13H,1,6,9H2,2-3H3. The van der Waals surface area contributed by atoms with Crippen molar-refractivity contribution in [2.45, 2.75) is 39.0 Å². The van der Waals surface area contributed by atoms with Gasteiger partial charge in [0.05, 0.1) is 11.7 Å². The largest absolute Gasteiger partial charge is 0.491 e. The van der Waals surface area contributed by atoms with Crippen LogP contribution in [0.4, 0.5) is 13.2 Å². The maximum absolute atomic E-state index is 13.8. The van der Waals surface area contributed by atoms with Gasteiger partial charge in [-0.05, 0) is 56.0 Å². The molecule has 1 aliphatic carbocycles. The normalized spacial score (nSPS) is 13.2. The molecule has 0 saturated heterocycles. The molecule has 0 fully saturated rings. The van der Waals surface area contributed by atoms with E-state index in [2.05, 4.69) is 11.7 Å². The first-order chi connectivity index (χ1) is 13.8. The highest BCUT2D eigenvalue weighted by molar-refractivity contribution is 5.79. The number of nitrogens with zero attached hydrogens (tertiary/aromatic N) is 1. The molecular formula is C23H20F3NO2. The summed E-state index contributed by atoms with van der Waals surface area (Å²) in [7, 11) is 0. The van der Waals surface area contributed by atoms with Crippen LogP contribution in [0.15, 0.2) is 47.5 Å². The van der Waals surface area contributed by atoms with Gasteiger partial charge in [0, 0.05) is 16.7 Å². The summed E-state index contributed by atoms with van der Waals surface area (Å²) in [6.45, 7) is 7.31. The van der Waals surface area contributed by atoms with Crippen molar-refractivity contribution in [3.8, 4) is 28.3 Å². The summed E-state index contributed by atoms with van der Waals surface area (Å²) in [5.41, 5.74) is 3.47. The van der Waals surface area contributed by atoms with Crippen molar-refractivity contribution in [3.63, 3.8) is 0 Å². The van der Waals surface area contributed by atoms with Gasteiger partial charge in [0.1, 0.15) is 11.4 Å². The highest BCUT2D eigenvalue weighted by atomic mass is 19.4. The van der Waals surface area contributed by atoms with E-state index in [-0.39, 0.29) is 23.2 Å². The summed E-state index contributed by atoms with van der Waals surface area (Å²) >= 11 is 0. The van der Waals surface area contributed by atoms with Gasteiger partial charge in [0.25, 0.3) is 0 Å². The Labute approximate surface area is 166 Å². The molecule has 29 heavy (non-hydrogen) atoms. The lowest BCUT2D eigenvalue weighted by molar-refractivity contribution is -0.137. The van der Waals surface area contributed by atoms with Crippen molar-refractivity contribution >= 4 is 6.08 Å². The molecule has 1 aromatic heterocycles. The fraction of sp³-hybridized carbons (Fsp3) is 0.261. The van der Waals surface area contributed by atoms with E-state index in [9.17, 15) is 13.2 Å². The van der Waals surface area contributed by atoms with Crippen LogP contribution in [0.3, 0.4) is 0 Å². The lowest BCUT2D eigenvalue weighted by Gasteiger charge is -2.18. The molecule has 0 radical (unpaired) electrons. The van der Waals surface area contributed by atoms with Crippen molar-refractivity contribution in [1.82, 2.24) is 5.16 Å². The second-order valence-electron chi connectivity index (χ2n) is 7.33. The number of hydrogen-bond acceptors (Lipinski definition) is 3. The molecule has 0 amide bonds. The second kappa shape index (κ2) is 7.10. The van der Waals surface area contributed by atoms with E-state index in [1.54, 1.807) is 19.9 Å². The van der Waals surface area contributed by atoms with Gasteiger partial charge in [-0.2, -0.15) is 13.2 Å². The predicted octanol–water partition coefficient (Wildman–Crippen LogP) is 6.56. The number of benzene rings is 2. The first-order valence-electron chi connectivity index (χ1n) is 9.40. The topological polar surface area (TPSA) is 35.3 Å². The van der Waals surface area contributed by atoms with Gasteiger partial charge in [0.15, 0.2) is 5.76 Å². The fourth-order valence-electron chi connectivity index (χ4n) is 3.70. The molecule has 0 saturated carbocycles. The van der Waals surface area contributed by atoms with E-state index >= 15 is 0 Å². The number of aromatic nitrogens is 1. The molecule has 3 aromatic rings. The van der Waals surface area contributed by atoms with Gasteiger partial charge in [-0.1, -0.05) is 36.0 Å². The Morgan fingerprint density at radius 2 is 1.86 bits per heavy atom. The zero-order valence-electron chi connectivity index (χ0n) is 16.1. The molecule has 0 N–H and O–H groups in total. The minimum absolute atomic E-state index is 0.0199. The average Bonchev–Trinajstić information content (AvgIpc) is 3.10. The van der Waals surface area contributed by atoms with Crippen LogP contribution in [0.2, 0.25) is 0 Å². The molecule has 1 heterocycles. The molecule has 0 bridgehead atoms. The molecule has 4 rings (SSSR count). The number of hydrogen-bond donors (Lipinski definition) is 0. The van der Waals surface area contributed by atoms with E-state index in [4.69, 9.17) is 9.26 Å². The van der Waals surface area contributed by atoms with Crippen molar-refractivity contribution < 1.29 is 22.4 Å². The molecule has 6 heteroatoms. The molecular weight excluding hydrogens is 379 g/mol. The Bertz CT molecular complexity index is 1080. The Hall–Kier alpha value is -3.02. The van der Waals surface area contributed by atoms with Crippen LogP contribution in [0.25, 0.3) is 28.7 Å². The van der Waals surface area contributed by atoms with E-state index in [1.807, 2.05) is 18.2 Å². The molecule has 150 valence electrons. The van der Waals surface area contributed by atoms with Crippen molar-refractivity contribution in [1.29, 1.82) is 0 Å². The van der Waals surface area contributed by atoms with E-state index < -0.39 is 11.7 Å². The van der Waals surface area contributed by atoms with E-state index in [0.717, 1.165) is 22.8 Å². The van der Waals surface area contributed by atoms with Crippen LogP contribution in [0.5, 0.6) is 5.75 Å². The van der Waals surface area contributed by atoms with Gasteiger partial charge in [-0.25, -0.2) is 0 Å². The summed E-state index contributed by atoms with van der Waals surface area (Å²) in [5.74, 6) is 0.341. The molecule has 0 atom stereocenters. The minimum atomic E-state index is -4.54. The third-order valence-corrected chi connectivity index (χ3v) is 4.97. The molecule has 0 unspecified atom stereocenters. The third-order valence-electron chi connectivity index (χ3n) is 4.97. The SMILES string of the molecule is C=Cc1ccc2c(c1)CCc1c-2noc1-c1ccc(OC(C)C)cc1C(F)(F)F. The van der Waals surface area contributed by atoms with Crippen LogP contribution in [0.1, 0.15) is 36.1 Å². The van der Waals surface area contributed by atoms with Crippen LogP contribution in [-0.2, 0) is 19.0 Å². The van der Waals surface area contributed by atoms with Gasteiger partial charge in [-0.15, -0.1) is 0 Å². The van der Waals surface area contributed by atoms with Crippen LogP contribution in [0, 0.1) is 0 Å². The Balaban J connectivity index is 1.83. The molecule has 0 spiro atoms. The average molecular weight is 399 g/mol. The van der Waals surface area contributed by atoms with E-state index in [1.165, 1.54) is 12.1 Å². The molecule has 2 aromatic carbocycles. The first kappa shape index (κ1) is 19.3. The van der Waals surface area contributed by atoms with Crippen LogP contribution >= 0.6 is 0 Å². The highest BCUT2D eigenvalue weighted by Gasteiger charge is 2.37. The van der Waals surface area contributed by atoms with Crippen molar-refractivity contribution in [2.75, 3.05) is 0 Å². The van der Waals surface area contributed by atoms with Gasteiger partial charge >= 0.3 is 6.18 Å². The van der Waals surface area contributed by atoms with Gasteiger partial charge < -0.3 is 9.26 Å². The molecule has 3 nitrogen and oxygen atoms in total. The number of halogens is 3. The first-order valence-corrected chi connectivity index (χ1v) is 9.40. The lowest BCUT2D eigenvalue weighted by Crippen LogP contribution is -2.11. The summed E-state index contributed by atoms with van der Waals surface area (Å²) in [6.07, 6.45) is -1.74. The van der Waals surface area contributed by atoms with Gasteiger partial charge in [-0.3, -0.25) is 0 Å². The Kier molecular flexibility index (Phi) is 4.73. The van der Waals surface area contributed by atoms with Crippen LogP contribution in [-0.4, -0.2) is 11.3 Å². The zero-order valence-corrected chi connectivity index (χ0v) is 16.1. The summed E-state index contributed by atoms with van der Waals surface area (Å²) in [6, 6.07) is 9.82. The zero-order chi connectivity index (χ0) is 20.8. The number of ether oxygens (including phenoxy) is 1. The third kappa shape index (κ3) is 3.55. The number of alkyl halides is 3. The number of rotatable bonds is 4. The quantitative estimate of drug-likeness (QED) is 0.499. The number of aryl methyl sites for hydroxylation is 1. The van der Waals surface area contributed by atoms with Crippen molar-refractivity contribution in [3.05, 3.63) is 65.2 Å². The highest BCUT2D eigenvalue weighted by Crippen LogP contribution is 2.44. The Morgan fingerprint density at radius 1 is 1.10 bits per heavy atom. The fourth-order valence-corrected chi connectivity index (χ4v) is 3.70. The molecule has 0 aliphatic heterocycles. The Morgan fingerprint density at radius 3 is 2.55 bits per heavy atom. The van der Waals surface area contributed by atoms with E-state index in [0.29, 0.717) is 24.1 Å². The van der Waals surface area contributed by atoms with Crippen molar-refractivity contribution in [2.24, 2.45) is 0 Å². The summed E-state index contributed by atoms with van der Waals surface area (Å²) < 4.78 is 52.3. The minimum Gasteiger partial charge on any atom is -0.491 e. The smallest absolute Gasteiger partial charge is 0.417 e. The lowest BCUT2D eigenvalue weighted by atomic mass is 9.86. The van der Waals surface area contributed by atoms with Crippen LogP contribution < -0.4 is 4.74 Å². The monoisotopic (exact) mass is 399 g/mol. The second-order valence-corrected chi connectivity index (χ2v) is 7.33.